The van der Waals surface area contributed by atoms with Crippen molar-refractivity contribution in [1.29, 1.82) is 0 Å². The van der Waals surface area contributed by atoms with Crippen molar-refractivity contribution in [2.24, 2.45) is 0 Å². The van der Waals surface area contributed by atoms with Crippen molar-refractivity contribution >= 4 is 28.8 Å². The fraction of sp³-hybridized carbons (Fsp3) is 0.333. The molecule has 142 valence electrons. The summed E-state index contributed by atoms with van der Waals surface area (Å²) in [6.45, 7) is 5.70. The van der Waals surface area contributed by atoms with Gasteiger partial charge in [-0.1, -0.05) is 42.1 Å². The SMILES string of the molecule is CC(C)(C)OC(=O)Cn1c(SCCc2ccccc2O)nc2ccccc21. The van der Waals surface area contributed by atoms with E-state index in [1.807, 2.05) is 67.8 Å². The number of hydrogen-bond donors (Lipinski definition) is 1. The highest BCUT2D eigenvalue weighted by Crippen LogP contribution is 2.26. The average Bonchev–Trinajstić information content (AvgIpc) is 2.93. The molecule has 1 aromatic heterocycles. The summed E-state index contributed by atoms with van der Waals surface area (Å²) in [5, 5.41) is 10.7. The second-order valence-corrected chi connectivity index (χ2v) is 8.34. The molecule has 0 spiro atoms. The molecule has 3 rings (SSSR count). The van der Waals surface area contributed by atoms with Gasteiger partial charge in [-0.25, -0.2) is 4.98 Å². The van der Waals surface area contributed by atoms with Crippen LogP contribution in [0.5, 0.6) is 5.75 Å². The van der Waals surface area contributed by atoms with Crippen molar-refractivity contribution in [1.82, 2.24) is 9.55 Å². The Bertz CT molecular complexity index is 944. The zero-order valence-corrected chi connectivity index (χ0v) is 16.6. The van der Waals surface area contributed by atoms with Crippen molar-refractivity contribution in [2.45, 2.75) is 44.5 Å². The molecule has 0 bridgehead atoms. The van der Waals surface area contributed by atoms with Gasteiger partial charge in [0, 0.05) is 5.75 Å². The Labute approximate surface area is 163 Å². The van der Waals surface area contributed by atoms with Crippen LogP contribution < -0.4 is 0 Å². The van der Waals surface area contributed by atoms with Gasteiger partial charge in [0.05, 0.1) is 11.0 Å². The van der Waals surface area contributed by atoms with Gasteiger partial charge >= 0.3 is 5.97 Å². The molecule has 0 unspecified atom stereocenters. The van der Waals surface area contributed by atoms with Crippen LogP contribution in [0.2, 0.25) is 0 Å². The predicted molar refractivity (Wildman–Crippen MR) is 108 cm³/mol. The maximum absolute atomic E-state index is 12.3. The summed E-state index contributed by atoms with van der Waals surface area (Å²) in [5.74, 6) is 0.767. The number of fused-ring (bicyclic) bond motifs is 1. The number of aromatic nitrogens is 2. The molecule has 2 aromatic carbocycles. The van der Waals surface area contributed by atoms with Crippen LogP contribution in [-0.2, 0) is 22.5 Å². The van der Waals surface area contributed by atoms with E-state index < -0.39 is 5.60 Å². The minimum atomic E-state index is -0.522. The van der Waals surface area contributed by atoms with Crippen molar-refractivity contribution in [3.63, 3.8) is 0 Å². The van der Waals surface area contributed by atoms with E-state index in [-0.39, 0.29) is 12.5 Å². The topological polar surface area (TPSA) is 64.3 Å². The summed E-state index contributed by atoms with van der Waals surface area (Å²) in [5.41, 5.74) is 2.14. The fourth-order valence-electron chi connectivity index (χ4n) is 2.79. The van der Waals surface area contributed by atoms with Gasteiger partial charge in [0.15, 0.2) is 5.16 Å². The van der Waals surface area contributed by atoms with Gasteiger partial charge in [0.2, 0.25) is 0 Å². The zero-order valence-electron chi connectivity index (χ0n) is 15.8. The molecule has 0 saturated carbocycles. The van der Waals surface area contributed by atoms with E-state index in [0.717, 1.165) is 27.5 Å². The molecule has 5 nitrogen and oxygen atoms in total. The molecule has 1 heterocycles. The van der Waals surface area contributed by atoms with Gasteiger partial charge in [-0.3, -0.25) is 4.79 Å². The van der Waals surface area contributed by atoms with Gasteiger partial charge in [0.25, 0.3) is 0 Å². The van der Waals surface area contributed by atoms with Crippen LogP contribution in [0.1, 0.15) is 26.3 Å². The molecule has 3 aromatic rings. The first-order valence-corrected chi connectivity index (χ1v) is 9.89. The number of hydrogen-bond acceptors (Lipinski definition) is 5. The number of imidazole rings is 1. The van der Waals surface area contributed by atoms with Crippen LogP contribution in [0.4, 0.5) is 0 Å². The van der Waals surface area contributed by atoms with Gasteiger partial charge in [-0.2, -0.15) is 0 Å². The van der Waals surface area contributed by atoms with Crippen LogP contribution >= 0.6 is 11.8 Å². The first kappa shape index (κ1) is 19.3. The lowest BCUT2D eigenvalue weighted by Crippen LogP contribution is -2.26. The van der Waals surface area contributed by atoms with Crippen LogP contribution in [0.25, 0.3) is 11.0 Å². The maximum atomic E-state index is 12.3. The van der Waals surface area contributed by atoms with Gasteiger partial charge in [-0.05, 0) is 51.0 Å². The number of esters is 1. The average molecular weight is 385 g/mol. The molecule has 27 heavy (non-hydrogen) atoms. The highest BCUT2D eigenvalue weighted by molar-refractivity contribution is 7.99. The number of aryl methyl sites for hydroxylation is 1. The van der Waals surface area contributed by atoms with Gasteiger partial charge in [-0.15, -0.1) is 0 Å². The lowest BCUT2D eigenvalue weighted by Gasteiger charge is -2.20. The number of rotatable bonds is 6. The fourth-order valence-corrected chi connectivity index (χ4v) is 3.78. The Hall–Kier alpha value is -2.47. The normalized spacial score (nSPS) is 11.7. The standard InChI is InChI=1S/C21H24N2O3S/c1-21(2,3)26-19(25)14-23-17-10-6-5-9-16(17)22-20(23)27-13-12-15-8-4-7-11-18(15)24/h4-11,24H,12-14H2,1-3H3. The molecule has 0 amide bonds. The third-order valence-corrected chi connectivity index (χ3v) is 4.90. The molecular weight excluding hydrogens is 360 g/mol. The number of thioether (sulfide) groups is 1. The summed E-state index contributed by atoms with van der Waals surface area (Å²) in [4.78, 5) is 17.0. The third-order valence-electron chi connectivity index (χ3n) is 3.92. The molecule has 1 N–H and O–H groups in total. The number of benzene rings is 2. The molecular formula is C21H24N2O3S. The highest BCUT2D eigenvalue weighted by Gasteiger charge is 2.19. The van der Waals surface area contributed by atoms with E-state index in [0.29, 0.717) is 12.2 Å². The van der Waals surface area contributed by atoms with Crippen molar-refractivity contribution in [2.75, 3.05) is 5.75 Å². The molecule has 0 aliphatic rings. The van der Waals surface area contributed by atoms with Gasteiger partial charge in [0.1, 0.15) is 17.9 Å². The number of para-hydroxylation sites is 3. The molecule has 6 heteroatoms. The second-order valence-electron chi connectivity index (χ2n) is 7.28. The van der Waals surface area contributed by atoms with Crippen LogP contribution in [0.3, 0.4) is 0 Å². The number of phenolic OH excluding ortho intramolecular Hbond substituents is 1. The Kier molecular flexibility index (Phi) is 5.75. The number of ether oxygens (including phenoxy) is 1. The molecule has 0 atom stereocenters. The molecule has 0 aliphatic carbocycles. The van der Waals surface area contributed by atoms with Crippen molar-refractivity contribution in [3.8, 4) is 5.75 Å². The number of aromatic hydroxyl groups is 1. The molecule has 0 fully saturated rings. The zero-order chi connectivity index (χ0) is 19.4. The van der Waals surface area contributed by atoms with Crippen molar-refractivity contribution < 1.29 is 14.6 Å². The highest BCUT2D eigenvalue weighted by atomic mass is 32.2. The summed E-state index contributed by atoms with van der Waals surface area (Å²) in [6, 6.07) is 15.1. The Morgan fingerprint density at radius 2 is 1.85 bits per heavy atom. The van der Waals surface area contributed by atoms with E-state index in [9.17, 15) is 9.90 Å². The van der Waals surface area contributed by atoms with Crippen LogP contribution in [0.15, 0.2) is 53.7 Å². The Morgan fingerprint density at radius 1 is 1.15 bits per heavy atom. The monoisotopic (exact) mass is 384 g/mol. The summed E-state index contributed by atoms with van der Waals surface area (Å²) in [6.07, 6.45) is 0.715. The minimum absolute atomic E-state index is 0.122. The van der Waals surface area contributed by atoms with E-state index in [1.54, 1.807) is 17.8 Å². The predicted octanol–water partition coefficient (Wildman–Crippen LogP) is 4.42. The molecule has 0 aliphatic heterocycles. The number of phenols is 1. The number of nitrogens with zero attached hydrogens (tertiary/aromatic N) is 2. The summed E-state index contributed by atoms with van der Waals surface area (Å²) < 4.78 is 7.38. The quantitative estimate of drug-likeness (QED) is 0.503. The minimum Gasteiger partial charge on any atom is -0.508 e. The van der Waals surface area contributed by atoms with E-state index in [2.05, 4.69) is 4.98 Å². The second kappa shape index (κ2) is 8.05. The lowest BCUT2D eigenvalue weighted by molar-refractivity contribution is -0.155. The van der Waals surface area contributed by atoms with Crippen LogP contribution in [0, 0.1) is 0 Å². The molecule has 0 saturated heterocycles. The summed E-state index contributed by atoms with van der Waals surface area (Å²) in [7, 11) is 0. The maximum Gasteiger partial charge on any atom is 0.326 e. The Morgan fingerprint density at radius 3 is 2.59 bits per heavy atom. The smallest absolute Gasteiger partial charge is 0.326 e. The van der Waals surface area contributed by atoms with Crippen LogP contribution in [-0.4, -0.2) is 32.0 Å². The largest absolute Gasteiger partial charge is 0.508 e. The Balaban J connectivity index is 1.78. The first-order chi connectivity index (χ1) is 12.8. The van der Waals surface area contributed by atoms with Crippen molar-refractivity contribution in [3.05, 3.63) is 54.1 Å². The number of carbonyl (C=O) groups excluding carboxylic acids is 1. The van der Waals surface area contributed by atoms with E-state index in [1.165, 1.54) is 0 Å². The third kappa shape index (κ3) is 5.04. The lowest BCUT2D eigenvalue weighted by atomic mass is 10.1. The first-order valence-electron chi connectivity index (χ1n) is 8.90. The van der Waals surface area contributed by atoms with E-state index >= 15 is 0 Å². The summed E-state index contributed by atoms with van der Waals surface area (Å²) >= 11 is 1.57. The van der Waals surface area contributed by atoms with E-state index in [4.69, 9.17) is 4.74 Å². The number of carbonyl (C=O) groups is 1. The molecule has 0 radical (unpaired) electrons. The van der Waals surface area contributed by atoms with Gasteiger partial charge < -0.3 is 14.4 Å².